The second-order valence-electron chi connectivity index (χ2n) is 20.7. The number of amides is 4. The molecule has 0 aromatic heterocycles. The summed E-state index contributed by atoms with van der Waals surface area (Å²) in [6, 6.07) is 38.6. The van der Waals surface area contributed by atoms with E-state index in [1.54, 1.807) is 80.5 Å². The number of aliphatic hydroxyl groups excluding tert-OH is 1. The van der Waals surface area contributed by atoms with Crippen molar-refractivity contribution in [3.8, 4) is 34.8 Å². The molecule has 4 amide bonds. The fraction of sp³-hybridized carbons (Fsp3) is 0.317. The topological polar surface area (TPSA) is 186 Å². The summed E-state index contributed by atoms with van der Waals surface area (Å²) in [7, 11) is 2.80. The van der Waals surface area contributed by atoms with Crippen molar-refractivity contribution in [2.45, 2.75) is 56.1 Å². The molecule has 5 aliphatic heterocycles. The fourth-order valence-corrected chi connectivity index (χ4v) is 12.1. The summed E-state index contributed by atoms with van der Waals surface area (Å²) in [5, 5.41) is 12.5. The van der Waals surface area contributed by atoms with Crippen LogP contribution >= 0.6 is 0 Å². The molecule has 0 bridgehead atoms. The summed E-state index contributed by atoms with van der Waals surface area (Å²) in [6.45, 7) is 5.37. The zero-order chi connectivity index (χ0) is 55.7. The normalized spacial score (nSPS) is 22.4. The molecule has 2 N–H and O–H groups in total. The quantitative estimate of drug-likeness (QED) is 0.0881. The number of nitrogens with one attached hydrogen (secondary N) is 1. The van der Waals surface area contributed by atoms with E-state index in [4.69, 9.17) is 28.4 Å². The van der Waals surface area contributed by atoms with E-state index in [9.17, 15) is 9.90 Å². The smallest absolute Gasteiger partial charge is 0.329 e. The van der Waals surface area contributed by atoms with Crippen LogP contribution in [0.2, 0.25) is 0 Å². The Bertz CT molecular complexity index is 3360. The number of urea groups is 1. The molecule has 3 saturated heterocycles. The lowest BCUT2D eigenvalue weighted by atomic mass is 9.64. The van der Waals surface area contributed by atoms with Crippen LogP contribution in [-0.2, 0) is 40.6 Å². The Morgan fingerprint density at radius 1 is 0.738 bits per heavy atom. The van der Waals surface area contributed by atoms with Crippen molar-refractivity contribution in [2.24, 2.45) is 11.8 Å². The number of fused-ring (bicyclic) bond motifs is 4. The average molecular weight is 1080 g/mol. The molecule has 0 aliphatic carbocycles. The number of cyclic esters (lactones) is 1. The van der Waals surface area contributed by atoms with Crippen LogP contribution in [0.3, 0.4) is 0 Å². The Morgan fingerprint density at radius 2 is 1.40 bits per heavy atom. The minimum Gasteiger partial charge on any atom is -0.497 e. The van der Waals surface area contributed by atoms with E-state index in [2.05, 4.69) is 22.1 Å². The van der Waals surface area contributed by atoms with Crippen molar-refractivity contribution in [1.29, 1.82) is 0 Å². The Balaban J connectivity index is 1.13. The number of hydrogen-bond acceptors (Lipinski definition) is 14. The van der Waals surface area contributed by atoms with Gasteiger partial charge in [0.2, 0.25) is 18.6 Å². The zero-order valence-electron chi connectivity index (χ0n) is 44.8. The highest BCUT2D eigenvalue weighted by Crippen LogP contribution is 2.66. The Kier molecular flexibility index (Phi) is 15.0. The molecule has 5 aliphatic rings. The molecule has 0 unspecified atom stereocenters. The number of benzene rings is 6. The molecule has 410 valence electrons. The number of morpholine rings is 1. The molecule has 11 rings (SSSR count). The van der Waals surface area contributed by atoms with Gasteiger partial charge in [0.1, 0.15) is 41.7 Å². The first kappa shape index (κ1) is 53.3. The summed E-state index contributed by atoms with van der Waals surface area (Å²) >= 11 is 0. The van der Waals surface area contributed by atoms with Gasteiger partial charge >= 0.3 is 18.0 Å². The highest BCUT2D eigenvalue weighted by Gasteiger charge is 2.76. The van der Waals surface area contributed by atoms with Crippen LogP contribution in [-0.4, -0.2) is 122 Å². The number of anilines is 1. The van der Waals surface area contributed by atoms with Gasteiger partial charge in [-0.2, -0.15) is 0 Å². The van der Waals surface area contributed by atoms with Crippen LogP contribution in [0.25, 0.3) is 0 Å². The van der Waals surface area contributed by atoms with Crippen LogP contribution in [0.4, 0.5) is 10.5 Å². The zero-order valence-corrected chi connectivity index (χ0v) is 44.8. The molecule has 17 nitrogen and oxygen atoms in total. The number of imide groups is 1. The fourth-order valence-electron chi connectivity index (χ4n) is 12.1. The summed E-state index contributed by atoms with van der Waals surface area (Å²) in [4.78, 5) is 85.1. The molecule has 6 aromatic carbocycles. The maximum absolute atomic E-state index is 17.0. The van der Waals surface area contributed by atoms with Crippen molar-refractivity contribution < 1.29 is 57.5 Å². The van der Waals surface area contributed by atoms with Crippen LogP contribution in [0.1, 0.15) is 71.0 Å². The van der Waals surface area contributed by atoms with Gasteiger partial charge in [-0.25, -0.2) is 14.5 Å². The maximum atomic E-state index is 17.0. The van der Waals surface area contributed by atoms with Gasteiger partial charge in [0, 0.05) is 43.9 Å². The van der Waals surface area contributed by atoms with Crippen LogP contribution in [0, 0.1) is 23.7 Å². The molecule has 1 spiro atoms. The predicted octanol–water partition coefficient (Wildman–Crippen LogP) is 7.11. The third-order valence-electron chi connectivity index (χ3n) is 15.9. The van der Waals surface area contributed by atoms with Gasteiger partial charge in [-0.1, -0.05) is 105 Å². The largest absolute Gasteiger partial charge is 0.497 e. The third kappa shape index (κ3) is 9.73. The molecular weight excluding hydrogens is 1020 g/mol. The molecule has 5 heterocycles. The standard InChI is InChI=1S/C63H61N5O12/c1-39(2)53(59(71)76-4)64-62(74)67-49-27-19-41(16-15-40-17-23-46(75-3)24-18-40)35-48(49)63(61(67)73)52(58(70)66-31-29-65(30-32-66)37-42-20-28-50-51(36-42)79-38-78-50)55-60(72)80-56(44-13-9-6-10-14-44)54(43-11-7-5-8-12-43)68(55)57(63)45-21-25-47(26-22-45)77-34-33-69/h5-14,17-28,35-36,39,52-57,69H,29-34,37-38H2,1-4H3,(H,64,74)/t52-,53+,54-,55-,56+,57+,63-/m1/s1. The van der Waals surface area contributed by atoms with Gasteiger partial charge in [0.25, 0.3) is 0 Å². The highest BCUT2D eigenvalue weighted by atomic mass is 16.7. The highest BCUT2D eigenvalue weighted by molar-refractivity contribution is 6.25. The van der Waals surface area contributed by atoms with E-state index in [0.717, 1.165) is 16.0 Å². The van der Waals surface area contributed by atoms with E-state index in [0.29, 0.717) is 64.9 Å². The second-order valence-corrected chi connectivity index (χ2v) is 20.7. The summed E-state index contributed by atoms with van der Waals surface area (Å²) in [6.07, 6.45) is -0.952. The van der Waals surface area contributed by atoms with E-state index >= 15 is 19.2 Å². The molecule has 0 radical (unpaired) electrons. The number of carbonyl (C=O) groups is 5. The molecule has 3 fully saturated rings. The van der Waals surface area contributed by atoms with Crippen molar-refractivity contribution in [3.63, 3.8) is 0 Å². The van der Waals surface area contributed by atoms with Gasteiger partial charge in [-0.3, -0.25) is 24.2 Å². The van der Waals surface area contributed by atoms with Gasteiger partial charge in [-0.15, -0.1) is 0 Å². The van der Waals surface area contributed by atoms with Crippen LogP contribution in [0.5, 0.6) is 23.0 Å². The Labute approximate surface area is 463 Å². The Morgan fingerprint density at radius 3 is 2.08 bits per heavy atom. The van der Waals surface area contributed by atoms with Gasteiger partial charge in [-0.05, 0) is 100 Å². The predicted molar refractivity (Wildman–Crippen MR) is 294 cm³/mol. The molecule has 17 heteroatoms. The van der Waals surface area contributed by atoms with Crippen LogP contribution in [0.15, 0.2) is 146 Å². The van der Waals surface area contributed by atoms with E-state index in [-0.39, 0.29) is 44.3 Å². The number of rotatable bonds is 13. The van der Waals surface area contributed by atoms with Gasteiger partial charge in [0.15, 0.2) is 11.5 Å². The van der Waals surface area contributed by atoms with E-state index in [1.807, 2.05) is 95.9 Å². The summed E-state index contributed by atoms with van der Waals surface area (Å²) in [5.74, 6) is 4.21. The number of ether oxygens (including phenoxy) is 6. The minimum absolute atomic E-state index is 0.0152. The summed E-state index contributed by atoms with van der Waals surface area (Å²) < 4.78 is 34.4. The monoisotopic (exact) mass is 1080 g/mol. The molecule has 80 heavy (non-hydrogen) atoms. The molecule has 0 saturated carbocycles. The number of aliphatic hydroxyl groups is 1. The third-order valence-corrected chi connectivity index (χ3v) is 15.9. The molecule has 6 aromatic rings. The number of carbonyl (C=O) groups excluding carboxylic acids is 5. The van der Waals surface area contributed by atoms with Crippen LogP contribution < -0.4 is 29.2 Å². The first-order valence-corrected chi connectivity index (χ1v) is 26.8. The van der Waals surface area contributed by atoms with Crippen molar-refractivity contribution in [1.82, 2.24) is 20.0 Å². The number of methoxy groups -OCH3 is 2. The minimum atomic E-state index is -2.10. The second kappa shape index (κ2) is 22.6. The van der Waals surface area contributed by atoms with Crippen molar-refractivity contribution in [2.75, 3.05) is 65.3 Å². The van der Waals surface area contributed by atoms with E-state index in [1.165, 1.54) is 7.11 Å². The van der Waals surface area contributed by atoms with E-state index < -0.39 is 77.3 Å². The lowest BCUT2D eigenvalue weighted by molar-refractivity contribution is -0.179. The SMILES string of the molecule is COC(=O)[C@@H](NC(=O)N1C(=O)[C@@]2(c3cc(C#Cc4ccc(OC)cc4)ccc31)[C@H](c1ccc(OCCO)cc1)N1[C@H](c3ccccc3)[C@H](c3ccccc3)OC(=O)[C@H]1[C@@H]2C(=O)N1CCN(Cc2ccc3c(c2)OCO3)CC1)C(C)C. The first-order valence-electron chi connectivity index (χ1n) is 26.8. The molecular formula is C63H61N5O12. The summed E-state index contributed by atoms with van der Waals surface area (Å²) in [5.41, 5.74) is 2.38. The number of hydrogen-bond donors (Lipinski definition) is 2. The number of nitrogens with zero attached hydrogens (tertiary/aromatic N) is 4. The first-order chi connectivity index (χ1) is 38.9. The average Bonchev–Trinajstić information content (AvgIpc) is 1.96. The number of esters is 2. The lowest BCUT2D eigenvalue weighted by Crippen LogP contribution is -2.59. The van der Waals surface area contributed by atoms with Gasteiger partial charge in [0.05, 0.1) is 44.5 Å². The molecule has 7 atom stereocenters. The lowest BCUT2D eigenvalue weighted by Gasteiger charge is -2.46. The van der Waals surface area contributed by atoms with Gasteiger partial charge < -0.3 is 43.7 Å². The van der Waals surface area contributed by atoms with Crippen molar-refractivity contribution in [3.05, 3.63) is 185 Å². The Hall–Kier alpha value is -8.69. The maximum Gasteiger partial charge on any atom is 0.329 e. The van der Waals surface area contributed by atoms with Crippen molar-refractivity contribution >= 4 is 35.5 Å². The number of piperazine rings is 1.